The second kappa shape index (κ2) is 6.29. The molecule has 2 nitrogen and oxygen atoms in total. The Morgan fingerprint density at radius 3 is 3.00 bits per heavy atom. The molecule has 0 saturated heterocycles. The molecule has 20 heavy (non-hydrogen) atoms. The van der Waals surface area contributed by atoms with E-state index in [4.69, 9.17) is 0 Å². The van der Waals surface area contributed by atoms with E-state index in [0.29, 0.717) is 11.3 Å². The number of fused-ring (bicyclic) bond motifs is 1. The first-order valence-corrected chi connectivity index (χ1v) is 8.45. The van der Waals surface area contributed by atoms with E-state index < -0.39 is 0 Å². The maximum absolute atomic E-state index is 4.26. The zero-order valence-corrected chi connectivity index (χ0v) is 13.7. The van der Waals surface area contributed by atoms with Crippen LogP contribution in [0.25, 0.3) is 0 Å². The molecule has 2 atom stereocenters. The summed E-state index contributed by atoms with van der Waals surface area (Å²) in [7, 11) is 2.06. The normalized spacial score (nSPS) is 18.8. The molecule has 0 fully saturated rings. The highest BCUT2D eigenvalue weighted by Gasteiger charge is 2.28. The molecule has 0 saturated carbocycles. The van der Waals surface area contributed by atoms with Crippen LogP contribution in [0.5, 0.6) is 0 Å². The predicted molar refractivity (Wildman–Crippen MR) is 88.3 cm³/mol. The predicted octanol–water partition coefficient (Wildman–Crippen LogP) is 3.69. The maximum atomic E-state index is 4.26. The Morgan fingerprint density at radius 1 is 1.40 bits per heavy atom. The smallest absolute Gasteiger partial charge is 0.0410 e. The molecule has 0 bridgehead atoms. The Labute approximate surface area is 132 Å². The van der Waals surface area contributed by atoms with Crippen molar-refractivity contribution in [1.29, 1.82) is 0 Å². The summed E-state index contributed by atoms with van der Waals surface area (Å²) in [5.74, 6) is 0. The number of thioether (sulfide) groups is 1. The third-order valence-corrected chi connectivity index (χ3v) is 5.59. The second-order valence-corrected chi connectivity index (χ2v) is 7.28. The second-order valence-electron chi connectivity index (χ2n) is 5.08. The summed E-state index contributed by atoms with van der Waals surface area (Å²) in [5.41, 5.74) is 2.75. The van der Waals surface area contributed by atoms with Crippen molar-refractivity contribution in [3.8, 4) is 0 Å². The standard InChI is InChI=1S/C16H17BrN2S/c1-18-14(7-11-6-13(17)10-19-9-11)16-8-12-4-2-3-5-15(12)20-16/h2-6,9-10,14,16,18H,7-8H2,1H3. The van der Waals surface area contributed by atoms with E-state index in [1.54, 1.807) is 0 Å². The molecule has 1 aliphatic heterocycles. The van der Waals surface area contributed by atoms with Crippen LogP contribution in [-0.2, 0) is 12.8 Å². The van der Waals surface area contributed by atoms with Crippen molar-refractivity contribution in [2.45, 2.75) is 29.0 Å². The number of hydrogen-bond donors (Lipinski definition) is 1. The van der Waals surface area contributed by atoms with Gasteiger partial charge in [-0.3, -0.25) is 4.98 Å². The number of aromatic nitrogens is 1. The van der Waals surface area contributed by atoms with Gasteiger partial charge < -0.3 is 5.32 Å². The van der Waals surface area contributed by atoms with E-state index in [1.807, 2.05) is 24.2 Å². The minimum absolute atomic E-state index is 0.462. The summed E-state index contributed by atoms with van der Waals surface area (Å²) in [6.07, 6.45) is 5.95. The highest BCUT2D eigenvalue weighted by atomic mass is 79.9. The summed E-state index contributed by atoms with van der Waals surface area (Å²) in [6.45, 7) is 0. The van der Waals surface area contributed by atoms with Gasteiger partial charge in [-0.25, -0.2) is 0 Å². The van der Waals surface area contributed by atoms with Crippen molar-refractivity contribution < 1.29 is 0 Å². The van der Waals surface area contributed by atoms with Gasteiger partial charge in [-0.1, -0.05) is 18.2 Å². The van der Waals surface area contributed by atoms with Gasteiger partial charge in [0.25, 0.3) is 0 Å². The van der Waals surface area contributed by atoms with Crippen LogP contribution < -0.4 is 5.32 Å². The van der Waals surface area contributed by atoms with Crippen LogP contribution in [0.15, 0.2) is 52.1 Å². The molecule has 0 radical (unpaired) electrons. The summed E-state index contributed by atoms with van der Waals surface area (Å²) in [4.78, 5) is 5.69. The average molecular weight is 349 g/mol. The van der Waals surface area contributed by atoms with Gasteiger partial charge >= 0.3 is 0 Å². The Morgan fingerprint density at radius 2 is 2.25 bits per heavy atom. The van der Waals surface area contributed by atoms with E-state index >= 15 is 0 Å². The first-order chi connectivity index (χ1) is 9.76. The van der Waals surface area contributed by atoms with Crippen LogP contribution in [0.4, 0.5) is 0 Å². The largest absolute Gasteiger partial charge is 0.316 e. The minimum atomic E-state index is 0.462. The summed E-state index contributed by atoms with van der Waals surface area (Å²) < 4.78 is 1.05. The zero-order valence-electron chi connectivity index (χ0n) is 11.3. The van der Waals surface area contributed by atoms with Crippen molar-refractivity contribution in [2.75, 3.05) is 7.05 Å². The molecular weight excluding hydrogens is 332 g/mol. The molecule has 2 unspecified atom stereocenters. The van der Waals surface area contributed by atoms with Gasteiger partial charge in [0.15, 0.2) is 0 Å². The molecule has 0 amide bonds. The molecule has 2 aromatic rings. The van der Waals surface area contributed by atoms with Gasteiger partial charge in [0, 0.05) is 33.1 Å². The Balaban J connectivity index is 1.72. The SMILES string of the molecule is CNC(Cc1cncc(Br)c1)C1Cc2ccccc2S1. The molecule has 0 spiro atoms. The van der Waals surface area contributed by atoms with Gasteiger partial charge in [0.05, 0.1) is 0 Å². The number of nitrogens with one attached hydrogen (secondary N) is 1. The van der Waals surface area contributed by atoms with Gasteiger partial charge in [-0.2, -0.15) is 0 Å². The van der Waals surface area contributed by atoms with Crippen LogP contribution in [0, 0.1) is 0 Å². The Kier molecular flexibility index (Phi) is 4.44. The Bertz CT molecular complexity index is 578. The number of pyridine rings is 1. The third-order valence-electron chi connectivity index (χ3n) is 3.71. The average Bonchev–Trinajstić information content (AvgIpc) is 2.88. The number of nitrogens with zero attached hydrogens (tertiary/aromatic N) is 1. The van der Waals surface area contributed by atoms with Gasteiger partial charge in [0.2, 0.25) is 0 Å². The van der Waals surface area contributed by atoms with Crippen LogP contribution >= 0.6 is 27.7 Å². The number of halogens is 1. The summed E-state index contributed by atoms with van der Waals surface area (Å²) in [5, 5.41) is 4.08. The lowest BCUT2D eigenvalue weighted by molar-refractivity contribution is 0.536. The zero-order chi connectivity index (χ0) is 13.9. The molecule has 1 N–H and O–H groups in total. The van der Waals surface area contributed by atoms with Crippen molar-refractivity contribution >= 4 is 27.7 Å². The summed E-state index contributed by atoms with van der Waals surface area (Å²) >= 11 is 5.49. The lowest BCUT2D eigenvalue weighted by atomic mass is 10.00. The topological polar surface area (TPSA) is 24.9 Å². The van der Waals surface area contributed by atoms with Crippen molar-refractivity contribution in [2.24, 2.45) is 0 Å². The van der Waals surface area contributed by atoms with Crippen LogP contribution in [0.3, 0.4) is 0 Å². The fourth-order valence-electron chi connectivity index (χ4n) is 2.67. The van der Waals surface area contributed by atoms with Crippen LogP contribution in [-0.4, -0.2) is 23.3 Å². The van der Waals surface area contributed by atoms with Crippen molar-refractivity contribution in [1.82, 2.24) is 10.3 Å². The van der Waals surface area contributed by atoms with Crippen LogP contribution in [0.1, 0.15) is 11.1 Å². The maximum Gasteiger partial charge on any atom is 0.0410 e. The van der Waals surface area contributed by atoms with Gasteiger partial charge in [0.1, 0.15) is 0 Å². The number of likely N-dealkylation sites (N-methyl/N-ethyl adjacent to an activating group) is 1. The number of benzene rings is 1. The van der Waals surface area contributed by atoms with E-state index in [9.17, 15) is 0 Å². The first-order valence-electron chi connectivity index (χ1n) is 6.77. The quantitative estimate of drug-likeness (QED) is 0.911. The van der Waals surface area contributed by atoms with E-state index in [-0.39, 0.29) is 0 Å². The van der Waals surface area contributed by atoms with E-state index in [0.717, 1.165) is 17.3 Å². The summed E-state index contributed by atoms with van der Waals surface area (Å²) in [6, 6.07) is 11.4. The van der Waals surface area contributed by atoms with Crippen molar-refractivity contribution in [3.63, 3.8) is 0 Å². The molecule has 104 valence electrons. The van der Waals surface area contributed by atoms with Crippen molar-refractivity contribution in [3.05, 3.63) is 58.3 Å². The fourth-order valence-corrected chi connectivity index (χ4v) is 4.53. The molecule has 1 aliphatic rings. The van der Waals surface area contributed by atoms with E-state index in [2.05, 4.69) is 63.6 Å². The van der Waals surface area contributed by atoms with Crippen LogP contribution in [0.2, 0.25) is 0 Å². The number of rotatable bonds is 4. The first kappa shape index (κ1) is 14.1. The molecule has 4 heteroatoms. The fraction of sp³-hybridized carbons (Fsp3) is 0.312. The molecule has 0 aliphatic carbocycles. The monoisotopic (exact) mass is 348 g/mol. The molecule has 1 aromatic heterocycles. The van der Waals surface area contributed by atoms with E-state index in [1.165, 1.54) is 16.0 Å². The lowest BCUT2D eigenvalue weighted by Crippen LogP contribution is -2.37. The molecule has 1 aromatic carbocycles. The molecular formula is C16H17BrN2S. The van der Waals surface area contributed by atoms with Gasteiger partial charge in [-0.15, -0.1) is 11.8 Å². The highest BCUT2D eigenvalue weighted by Crippen LogP contribution is 2.38. The third kappa shape index (κ3) is 3.08. The Hall–Kier alpha value is -0.840. The lowest BCUT2D eigenvalue weighted by Gasteiger charge is -2.22. The minimum Gasteiger partial charge on any atom is -0.316 e. The van der Waals surface area contributed by atoms with Gasteiger partial charge in [-0.05, 0) is 59.1 Å². The number of hydrogen-bond acceptors (Lipinski definition) is 3. The highest BCUT2D eigenvalue weighted by molar-refractivity contribution is 9.10. The molecule has 2 heterocycles. The molecule has 3 rings (SSSR count).